The van der Waals surface area contributed by atoms with E-state index in [-0.39, 0.29) is 11.8 Å². The summed E-state index contributed by atoms with van der Waals surface area (Å²) < 4.78 is 11.7. The van der Waals surface area contributed by atoms with E-state index in [4.69, 9.17) is 20.6 Å². The van der Waals surface area contributed by atoms with E-state index in [0.717, 1.165) is 31.9 Å². The first-order chi connectivity index (χ1) is 14.4. The average molecular weight is 412 g/mol. The molecule has 1 aliphatic heterocycles. The van der Waals surface area contributed by atoms with Gasteiger partial charge in [-0.25, -0.2) is 0 Å². The molecule has 1 heterocycles. The number of ether oxygens (including phenoxy) is 2. The predicted molar refractivity (Wildman–Crippen MR) is 115 cm³/mol. The molecule has 1 unspecified atom stereocenters. The standard InChI is InChI=1S/C22H28N4O4/c1-13(24)17(10-23)18(11-26(2)12-27)16-8-15(29-3)9-19-21(16)30-20(22(28)25-19)14-6-4-5-7-14/h8-12,14,20,23H,4-7,24H2,1-3H3,(H,25,28)/b17-13+,18-11-,23-10?. The molecule has 1 saturated carbocycles. The molecule has 1 aromatic carbocycles. The number of methoxy groups -OCH3 is 1. The smallest absolute Gasteiger partial charge is 0.265 e. The van der Waals surface area contributed by atoms with Gasteiger partial charge in [-0.1, -0.05) is 12.8 Å². The van der Waals surface area contributed by atoms with E-state index in [9.17, 15) is 9.59 Å². The number of nitrogens with zero attached hydrogens (tertiary/aromatic N) is 1. The van der Waals surface area contributed by atoms with Crippen LogP contribution < -0.4 is 20.5 Å². The second-order valence-corrected chi connectivity index (χ2v) is 7.68. The second-order valence-electron chi connectivity index (χ2n) is 7.68. The highest BCUT2D eigenvalue weighted by atomic mass is 16.5. The van der Waals surface area contributed by atoms with Crippen LogP contribution in [0.2, 0.25) is 0 Å². The lowest BCUT2D eigenvalue weighted by Crippen LogP contribution is -2.42. The van der Waals surface area contributed by atoms with Gasteiger partial charge in [0.25, 0.3) is 5.91 Å². The van der Waals surface area contributed by atoms with E-state index < -0.39 is 6.10 Å². The minimum Gasteiger partial charge on any atom is -0.497 e. The van der Waals surface area contributed by atoms with Crippen molar-refractivity contribution in [3.05, 3.63) is 35.2 Å². The fourth-order valence-electron chi connectivity index (χ4n) is 4.02. The zero-order valence-corrected chi connectivity index (χ0v) is 17.5. The molecule has 1 aromatic rings. The number of hydrogen-bond donors (Lipinski definition) is 3. The Hall–Kier alpha value is -3.29. The molecule has 160 valence electrons. The highest BCUT2D eigenvalue weighted by molar-refractivity contribution is 6.05. The van der Waals surface area contributed by atoms with Crippen LogP contribution in [0.25, 0.3) is 5.57 Å². The second kappa shape index (κ2) is 9.02. The number of rotatable bonds is 7. The lowest BCUT2D eigenvalue weighted by molar-refractivity contribution is -0.125. The van der Waals surface area contributed by atoms with Gasteiger partial charge in [0.2, 0.25) is 6.41 Å². The molecule has 8 nitrogen and oxygen atoms in total. The summed E-state index contributed by atoms with van der Waals surface area (Å²) in [5.74, 6) is 0.984. The van der Waals surface area contributed by atoms with Crippen LogP contribution in [-0.2, 0) is 9.59 Å². The molecular weight excluding hydrogens is 384 g/mol. The summed E-state index contributed by atoms with van der Waals surface area (Å²) in [5.41, 5.74) is 8.49. The first kappa shape index (κ1) is 21.4. The van der Waals surface area contributed by atoms with Gasteiger partial charge in [0.15, 0.2) is 11.9 Å². The van der Waals surface area contributed by atoms with Gasteiger partial charge in [-0.3, -0.25) is 9.59 Å². The topological polar surface area (TPSA) is 118 Å². The van der Waals surface area contributed by atoms with Crippen molar-refractivity contribution >= 4 is 29.8 Å². The molecule has 1 fully saturated rings. The highest BCUT2D eigenvalue weighted by Gasteiger charge is 2.38. The number of nitrogens with two attached hydrogens (primary N) is 1. The number of carbonyl (C=O) groups is 2. The maximum atomic E-state index is 12.7. The van der Waals surface area contributed by atoms with E-state index in [1.54, 1.807) is 32.3 Å². The van der Waals surface area contributed by atoms with Crippen LogP contribution in [0.5, 0.6) is 11.5 Å². The fraction of sp³-hybridized carbons (Fsp3) is 0.409. The average Bonchev–Trinajstić information content (AvgIpc) is 3.26. The molecule has 1 atom stereocenters. The normalized spacial score (nSPS) is 19.9. The first-order valence-corrected chi connectivity index (χ1v) is 9.95. The molecule has 0 bridgehead atoms. The Morgan fingerprint density at radius 1 is 1.37 bits per heavy atom. The van der Waals surface area contributed by atoms with Crippen molar-refractivity contribution in [2.24, 2.45) is 11.7 Å². The van der Waals surface area contributed by atoms with Crippen LogP contribution in [0.15, 0.2) is 29.6 Å². The van der Waals surface area contributed by atoms with Crippen molar-refractivity contribution in [3.8, 4) is 11.5 Å². The molecule has 0 radical (unpaired) electrons. The zero-order valence-electron chi connectivity index (χ0n) is 17.5. The molecule has 3 rings (SSSR count). The lowest BCUT2D eigenvalue weighted by Gasteiger charge is -2.32. The summed E-state index contributed by atoms with van der Waals surface area (Å²) >= 11 is 0. The van der Waals surface area contributed by atoms with Crippen LogP contribution in [0.4, 0.5) is 5.69 Å². The van der Waals surface area contributed by atoms with E-state index in [1.165, 1.54) is 12.0 Å². The van der Waals surface area contributed by atoms with Gasteiger partial charge in [0.1, 0.15) is 5.75 Å². The van der Waals surface area contributed by atoms with Crippen LogP contribution in [0.3, 0.4) is 0 Å². The van der Waals surface area contributed by atoms with Crippen molar-refractivity contribution in [1.29, 1.82) is 5.41 Å². The van der Waals surface area contributed by atoms with E-state index in [1.807, 2.05) is 0 Å². The summed E-state index contributed by atoms with van der Waals surface area (Å²) in [6.07, 6.45) is 6.87. The number of hydrogen-bond acceptors (Lipinski definition) is 6. The van der Waals surface area contributed by atoms with Crippen LogP contribution >= 0.6 is 0 Å². The van der Waals surface area contributed by atoms with E-state index >= 15 is 0 Å². The number of anilines is 1. The maximum absolute atomic E-state index is 12.7. The Bertz CT molecular complexity index is 912. The fourth-order valence-corrected chi connectivity index (χ4v) is 4.02. The largest absolute Gasteiger partial charge is 0.497 e. The summed E-state index contributed by atoms with van der Waals surface area (Å²) in [7, 11) is 3.12. The van der Waals surface area contributed by atoms with Gasteiger partial charge < -0.3 is 30.8 Å². The monoisotopic (exact) mass is 412 g/mol. The predicted octanol–water partition coefficient (Wildman–Crippen LogP) is 2.90. The van der Waals surface area contributed by atoms with Crippen molar-refractivity contribution in [3.63, 3.8) is 0 Å². The van der Waals surface area contributed by atoms with Gasteiger partial charge in [-0.2, -0.15) is 0 Å². The maximum Gasteiger partial charge on any atom is 0.265 e. The zero-order chi connectivity index (χ0) is 21.8. The van der Waals surface area contributed by atoms with Crippen molar-refractivity contribution in [2.45, 2.75) is 38.7 Å². The Labute approximate surface area is 176 Å². The van der Waals surface area contributed by atoms with Crippen molar-refractivity contribution < 1.29 is 19.1 Å². The summed E-state index contributed by atoms with van der Waals surface area (Å²) in [5, 5.41) is 10.8. The third kappa shape index (κ3) is 4.17. The van der Waals surface area contributed by atoms with Crippen LogP contribution in [0.1, 0.15) is 38.2 Å². The number of nitrogens with one attached hydrogen (secondary N) is 2. The molecule has 30 heavy (non-hydrogen) atoms. The Morgan fingerprint density at radius 2 is 2.07 bits per heavy atom. The number of amides is 2. The molecule has 0 aromatic heterocycles. The van der Waals surface area contributed by atoms with Gasteiger partial charge in [-0.05, 0) is 25.8 Å². The van der Waals surface area contributed by atoms with Gasteiger partial charge in [0.05, 0.1) is 12.8 Å². The van der Waals surface area contributed by atoms with Crippen molar-refractivity contribution in [1.82, 2.24) is 4.90 Å². The molecule has 0 saturated heterocycles. The molecule has 2 amide bonds. The van der Waals surface area contributed by atoms with Crippen molar-refractivity contribution in [2.75, 3.05) is 19.5 Å². The van der Waals surface area contributed by atoms with Gasteiger partial charge >= 0.3 is 0 Å². The van der Waals surface area contributed by atoms with Gasteiger partial charge in [-0.15, -0.1) is 0 Å². The summed E-state index contributed by atoms with van der Waals surface area (Å²) in [4.78, 5) is 25.4. The minimum absolute atomic E-state index is 0.159. The SMILES string of the molecule is COc1cc2c(c(C(=C/N(C)C=O)/C(C=N)=C(\C)N)c1)OC(C1CCCC1)C(=O)N2. The third-order valence-corrected chi connectivity index (χ3v) is 5.54. The molecule has 4 N–H and O–H groups in total. The Kier molecular flexibility index (Phi) is 6.44. The molecule has 0 spiro atoms. The quantitative estimate of drug-likeness (QED) is 0.362. The van der Waals surface area contributed by atoms with Crippen LogP contribution in [-0.4, -0.2) is 43.7 Å². The third-order valence-electron chi connectivity index (χ3n) is 5.54. The Morgan fingerprint density at radius 3 is 2.63 bits per heavy atom. The van der Waals surface area contributed by atoms with Crippen LogP contribution in [0, 0.1) is 11.3 Å². The first-order valence-electron chi connectivity index (χ1n) is 9.95. The molecule has 2 aliphatic rings. The van der Waals surface area contributed by atoms with Gasteiger partial charge in [0, 0.05) is 53.9 Å². The summed E-state index contributed by atoms with van der Waals surface area (Å²) in [6.45, 7) is 1.69. The molecular formula is C22H28N4O4. The Balaban J connectivity index is 2.20. The highest BCUT2D eigenvalue weighted by Crippen LogP contribution is 2.44. The number of carbonyl (C=O) groups excluding carboxylic acids is 2. The molecule has 8 heteroatoms. The number of benzene rings is 1. The lowest BCUT2D eigenvalue weighted by atomic mass is 9.93. The summed E-state index contributed by atoms with van der Waals surface area (Å²) in [6, 6.07) is 3.46. The van der Waals surface area contributed by atoms with E-state index in [0.29, 0.717) is 46.0 Å². The number of allylic oxidation sites excluding steroid dienone is 3. The minimum atomic E-state index is -0.580. The molecule has 1 aliphatic carbocycles. The number of fused-ring (bicyclic) bond motifs is 1. The van der Waals surface area contributed by atoms with E-state index in [2.05, 4.69) is 5.32 Å².